The second-order valence-electron chi connectivity index (χ2n) is 6.46. The molecule has 1 aliphatic rings. The van der Waals surface area contributed by atoms with Crippen LogP contribution in [-0.2, 0) is 18.3 Å². The number of imidazole rings is 1. The number of methoxy groups -OCH3 is 1. The van der Waals surface area contributed by atoms with Gasteiger partial charge in [-0.05, 0) is 25.1 Å². The number of Topliss-reactive ketones (excluding diaryl/α,β-unsaturated/α-hetero) is 1. The van der Waals surface area contributed by atoms with Gasteiger partial charge in [-0.3, -0.25) is 9.59 Å². The Morgan fingerprint density at radius 3 is 2.85 bits per heavy atom. The summed E-state index contributed by atoms with van der Waals surface area (Å²) < 4.78 is 7.32. The Labute approximate surface area is 153 Å². The first-order chi connectivity index (χ1) is 12.5. The summed E-state index contributed by atoms with van der Waals surface area (Å²) in [6.45, 7) is 3.55. The molecule has 1 fully saturated rings. The molecule has 0 aliphatic carbocycles. The molecule has 7 nitrogen and oxygen atoms in total. The zero-order valence-electron chi connectivity index (χ0n) is 15.4. The van der Waals surface area contributed by atoms with Crippen LogP contribution in [0.25, 0.3) is 0 Å². The van der Waals surface area contributed by atoms with Crippen LogP contribution in [0.4, 0.5) is 0 Å². The van der Waals surface area contributed by atoms with E-state index >= 15 is 0 Å². The van der Waals surface area contributed by atoms with Gasteiger partial charge in [0.25, 0.3) is 0 Å². The number of nitrogens with one attached hydrogen (secondary N) is 1. The first-order valence-electron chi connectivity index (χ1n) is 8.66. The average molecular weight is 356 g/mol. The first kappa shape index (κ1) is 18.1. The molecule has 1 amide bonds. The lowest BCUT2D eigenvalue weighted by Gasteiger charge is -2.36. The molecule has 1 N–H and O–H groups in total. The number of ether oxygens (including phenoxy) is 1. The predicted molar refractivity (Wildman–Crippen MR) is 97.2 cm³/mol. The molecule has 3 rings (SSSR count). The van der Waals surface area contributed by atoms with Crippen LogP contribution >= 0.6 is 0 Å². The van der Waals surface area contributed by atoms with Crippen molar-refractivity contribution in [3.63, 3.8) is 0 Å². The van der Waals surface area contributed by atoms with Crippen LogP contribution in [0.5, 0.6) is 5.75 Å². The molecular formula is C19H24N4O3. The third-order valence-electron chi connectivity index (χ3n) is 4.75. The van der Waals surface area contributed by atoms with Crippen molar-refractivity contribution in [1.29, 1.82) is 0 Å². The highest BCUT2D eigenvalue weighted by atomic mass is 16.5. The monoisotopic (exact) mass is 356 g/mol. The number of benzene rings is 1. The van der Waals surface area contributed by atoms with Gasteiger partial charge in [-0.15, -0.1) is 0 Å². The van der Waals surface area contributed by atoms with E-state index in [1.807, 2.05) is 22.7 Å². The Kier molecular flexibility index (Phi) is 5.37. The Hall–Kier alpha value is -2.67. The van der Waals surface area contributed by atoms with E-state index in [1.54, 1.807) is 31.5 Å². The maximum Gasteiger partial charge on any atom is 0.227 e. The molecule has 138 valence electrons. The highest BCUT2D eigenvalue weighted by Crippen LogP contribution is 2.25. The standard InChI is InChI=1S/C19H24N4O3/c1-13(24)14-4-5-17(26-3)15(10-14)11-18(25)23-9-6-20-12-16(23)19-21-7-8-22(19)2/h4-5,7-8,10,16,20H,6,9,11-12H2,1-3H3. The van der Waals surface area contributed by atoms with Crippen LogP contribution in [0.15, 0.2) is 30.6 Å². The Morgan fingerprint density at radius 2 is 2.19 bits per heavy atom. The van der Waals surface area contributed by atoms with E-state index < -0.39 is 0 Å². The third kappa shape index (κ3) is 3.62. The smallest absolute Gasteiger partial charge is 0.227 e. The Balaban J connectivity index is 1.85. The molecule has 26 heavy (non-hydrogen) atoms. The van der Waals surface area contributed by atoms with Crippen LogP contribution < -0.4 is 10.1 Å². The summed E-state index contributed by atoms with van der Waals surface area (Å²) in [6, 6.07) is 5.10. The molecule has 1 atom stereocenters. The molecule has 0 spiro atoms. The SMILES string of the molecule is COc1ccc(C(C)=O)cc1CC(=O)N1CCNCC1c1nccn1C. The maximum absolute atomic E-state index is 13.1. The number of aryl methyl sites for hydroxylation is 1. The number of nitrogens with zero attached hydrogens (tertiary/aromatic N) is 3. The zero-order valence-corrected chi connectivity index (χ0v) is 15.4. The topological polar surface area (TPSA) is 76.5 Å². The number of hydrogen-bond donors (Lipinski definition) is 1. The molecule has 0 saturated carbocycles. The third-order valence-corrected chi connectivity index (χ3v) is 4.75. The van der Waals surface area contributed by atoms with Gasteiger partial charge in [0.05, 0.1) is 13.5 Å². The van der Waals surface area contributed by atoms with E-state index in [9.17, 15) is 9.59 Å². The second kappa shape index (κ2) is 7.70. The van der Waals surface area contributed by atoms with Crippen molar-refractivity contribution in [2.24, 2.45) is 7.05 Å². The van der Waals surface area contributed by atoms with E-state index in [1.165, 1.54) is 6.92 Å². The van der Waals surface area contributed by atoms with Crippen molar-refractivity contribution in [2.45, 2.75) is 19.4 Å². The molecule has 1 saturated heterocycles. The maximum atomic E-state index is 13.1. The summed E-state index contributed by atoms with van der Waals surface area (Å²) in [5.74, 6) is 1.44. The number of piperazine rings is 1. The number of carbonyl (C=O) groups is 2. The highest BCUT2D eigenvalue weighted by Gasteiger charge is 2.30. The fourth-order valence-electron chi connectivity index (χ4n) is 3.33. The summed E-state index contributed by atoms with van der Waals surface area (Å²) in [5.41, 5.74) is 1.30. The fourth-order valence-corrected chi connectivity index (χ4v) is 3.33. The molecule has 1 aromatic carbocycles. The molecule has 1 aliphatic heterocycles. The van der Waals surface area contributed by atoms with Crippen molar-refractivity contribution >= 4 is 11.7 Å². The number of amides is 1. The van der Waals surface area contributed by atoms with Gasteiger partial charge in [-0.25, -0.2) is 4.98 Å². The number of ketones is 1. The van der Waals surface area contributed by atoms with Crippen LogP contribution in [-0.4, -0.2) is 52.9 Å². The zero-order chi connectivity index (χ0) is 18.7. The first-order valence-corrected chi connectivity index (χ1v) is 8.66. The van der Waals surface area contributed by atoms with Gasteiger partial charge in [0.1, 0.15) is 17.6 Å². The molecule has 2 heterocycles. The van der Waals surface area contributed by atoms with Crippen LogP contribution in [0.3, 0.4) is 0 Å². The van der Waals surface area contributed by atoms with Crippen molar-refractivity contribution < 1.29 is 14.3 Å². The fraction of sp³-hybridized carbons (Fsp3) is 0.421. The molecule has 0 bridgehead atoms. The minimum atomic E-state index is -0.113. The van der Waals surface area contributed by atoms with Gasteiger partial charge in [0, 0.05) is 50.2 Å². The average Bonchev–Trinajstić information content (AvgIpc) is 3.07. The molecule has 1 aromatic heterocycles. The van der Waals surface area contributed by atoms with Crippen molar-refractivity contribution in [2.75, 3.05) is 26.7 Å². The number of hydrogen-bond acceptors (Lipinski definition) is 5. The summed E-state index contributed by atoms with van der Waals surface area (Å²) >= 11 is 0. The number of aromatic nitrogens is 2. The second-order valence-corrected chi connectivity index (χ2v) is 6.46. The summed E-state index contributed by atoms with van der Waals surface area (Å²) in [4.78, 5) is 31.0. The van der Waals surface area contributed by atoms with Crippen LogP contribution in [0.2, 0.25) is 0 Å². The minimum absolute atomic E-state index is 0.00139. The van der Waals surface area contributed by atoms with E-state index in [4.69, 9.17) is 4.74 Å². The summed E-state index contributed by atoms with van der Waals surface area (Å²) in [7, 11) is 3.50. The lowest BCUT2D eigenvalue weighted by molar-refractivity contribution is -0.134. The van der Waals surface area contributed by atoms with Crippen molar-refractivity contribution in [3.8, 4) is 5.75 Å². The normalized spacial score (nSPS) is 17.2. The van der Waals surface area contributed by atoms with Gasteiger partial charge in [0.15, 0.2) is 5.78 Å². The van der Waals surface area contributed by atoms with Gasteiger partial charge < -0.3 is 19.5 Å². The molecule has 0 radical (unpaired) electrons. The predicted octanol–water partition coefficient (Wildman–Crippen LogP) is 1.35. The number of rotatable bonds is 5. The summed E-state index contributed by atoms with van der Waals surface area (Å²) in [5, 5.41) is 3.33. The molecular weight excluding hydrogens is 332 g/mol. The Morgan fingerprint density at radius 1 is 1.38 bits per heavy atom. The molecule has 1 unspecified atom stereocenters. The van der Waals surface area contributed by atoms with Crippen molar-refractivity contribution in [1.82, 2.24) is 19.8 Å². The van der Waals surface area contributed by atoms with Crippen LogP contribution in [0, 0.1) is 0 Å². The van der Waals surface area contributed by atoms with Gasteiger partial charge in [-0.1, -0.05) is 0 Å². The Bertz CT molecular complexity index is 815. The van der Waals surface area contributed by atoms with Gasteiger partial charge in [-0.2, -0.15) is 0 Å². The molecule has 7 heteroatoms. The molecule has 2 aromatic rings. The minimum Gasteiger partial charge on any atom is -0.496 e. The van der Waals surface area contributed by atoms with Crippen LogP contribution in [0.1, 0.15) is 34.7 Å². The van der Waals surface area contributed by atoms with Gasteiger partial charge in [0.2, 0.25) is 5.91 Å². The van der Waals surface area contributed by atoms with E-state index in [0.717, 1.165) is 17.9 Å². The van der Waals surface area contributed by atoms with E-state index in [2.05, 4.69) is 10.3 Å². The lowest BCUT2D eigenvalue weighted by atomic mass is 10.0. The summed E-state index contributed by atoms with van der Waals surface area (Å²) in [6.07, 6.45) is 3.81. The van der Waals surface area contributed by atoms with Gasteiger partial charge >= 0.3 is 0 Å². The quantitative estimate of drug-likeness (QED) is 0.819. The largest absolute Gasteiger partial charge is 0.496 e. The highest BCUT2D eigenvalue weighted by molar-refractivity contribution is 5.94. The van der Waals surface area contributed by atoms with Crippen molar-refractivity contribution in [3.05, 3.63) is 47.5 Å². The van der Waals surface area contributed by atoms with E-state index in [0.29, 0.717) is 24.4 Å². The lowest BCUT2D eigenvalue weighted by Crippen LogP contribution is -2.49. The number of carbonyl (C=O) groups excluding carboxylic acids is 2. The van der Waals surface area contributed by atoms with E-state index in [-0.39, 0.29) is 24.2 Å².